The lowest BCUT2D eigenvalue weighted by atomic mass is 9.74. The van der Waals surface area contributed by atoms with Crippen molar-refractivity contribution < 1.29 is 9.90 Å². The quantitative estimate of drug-likeness (QED) is 0.777. The fourth-order valence-corrected chi connectivity index (χ4v) is 4.56. The molecule has 0 aliphatic heterocycles. The molecule has 3 heteroatoms. The molecular weight excluding hydrogens is 248 g/mol. The first-order valence-corrected chi connectivity index (χ1v) is 6.75. The predicted octanol–water partition coefficient (Wildman–Crippen LogP) is 3.27. The zero-order valence-electron chi connectivity index (χ0n) is 9.87. The lowest BCUT2D eigenvalue weighted by molar-refractivity contribution is -0.118. The number of ketones is 1. The van der Waals surface area contributed by atoms with Gasteiger partial charge in [-0.2, -0.15) is 0 Å². The average Bonchev–Trinajstić information content (AvgIpc) is 2.86. The van der Waals surface area contributed by atoms with E-state index in [0.29, 0.717) is 10.8 Å². The number of benzene rings is 1. The van der Waals surface area contributed by atoms with Crippen LogP contribution in [0.1, 0.15) is 30.4 Å². The maximum atomic E-state index is 12.2. The highest BCUT2D eigenvalue weighted by molar-refractivity contribution is 6.46. The minimum absolute atomic E-state index is 0.0752. The first-order chi connectivity index (χ1) is 8.61. The molecule has 0 amide bonds. The number of phenolic OH excluding ortho intramolecular Hbond substituents is 1. The molecule has 2 nitrogen and oxygen atoms in total. The molecule has 1 N–H and O–H groups in total. The largest absolute Gasteiger partial charge is 0.508 e. The number of carbonyl (C=O) groups is 1. The Balaban J connectivity index is 2.01. The third kappa shape index (κ3) is 1.12. The summed E-state index contributed by atoms with van der Waals surface area (Å²) in [7, 11) is 0. The van der Waals surface area contributed by atoms with Gasteiger partial charge in [-0.05, 0) is 54.5 Å². The van der Waals surface area contributed by atoms with E-state index in [1.165, 1.54) is 0 Å². The fourth-order valence-electron chi connectivity index (χ4n) is 4.10. The molecule has 2 atom stereocenters. The Labute approximate surface area is 110 Å². The van der Waals surface area contributed by atoms with Crippen molar-refractivity contribution in [1.82, 2.24) is 0 Å². The second-order valence-electron chi connectivity index (χ2n) is 5.79. The maximum absolute atomic E-state index is 12.2. The SMILES string of the molecule is O=C1C(Cl)=C2c3ccc(O)cc3C[C@]23CC[C@@H]1C3. The van der Waals surface area contributed by atoms with Gasteiger partial charge in [0.25, 0.3) is 0 Å². The summed E-state index contributed by atoms with van der Waals surface area (Å²) in [5.74, 6) is 0.547. The van der Waals surface area contributed by atoms with Gasteiger partial charge >= 0.3 is 0 Å². The average molecular weight is 261 g/mol. The van der Waals surface area contributed by atoms with Crippen LogP contribution in [0, 0.1) is 11.3 Å². The highest BCUT2D eigenvalue weighted by Crippen LogP contribution is 2.62. The topological polar surface area (TPSA) is 37.3 Å². The molecule has 1 aromatic rings. The third-order valence-electron chi connectivity index (χ3n) is 4.83. The van der Waals surface area contributed by atoms with E-state index in [2.05, 4.69) is 0 Å². The van der Waals surface area contributed by atoms with Crippen molar-refractivity contribution in [3.63, 3.8) is 0 Å². The van der Waals surface area contributed by atoms with Crippen molar-refractivity contribution in [2.24, 2.45) is 11.3 Å². The second kappa shape index (κ2) is 3.18. The van der Waals surface area contributed by atoms with Crippen LogP contribution in [0.5, 0.6) is 5.75 Å². The van der Waals surface area contributed by atoms with Gasteiger partial charge in [0.2, 0.25) is 0 Å². The molecule has 92 valence electrons. The van der Waals surface area contributed by atoms with Gasteiger partial charge in [0.15, 0.2) is 5.78 Å². The lowest BCUT2D eigenvalue weighted by Crippen LogP contribution is -2.25. The molecule has 1 saturated carbocycles. The first kappa shape index (κ1) is 10.6. The molecule has 0 radical (unpaired) electrons. The number of Topliss-reactive ketones (excluding diaryl/α,β-unsaturated/α-hetero) is 1. The molecule has 1 spiro atoms. The molecule has 0 aromatic heterocycles. The molecular formula is C15H13ClO2. The minimum atomic E-state index is 0.0752. The molecule has 0 heterocycles. The Hall–Kier alpha value is -1.28. The molecule has 0 saturated heterocycles. The fraction of sp³-hybridized carbons (Fsp3) is 0.400. The summed E-state index contributed by atoms with van der Waals surface area (Å²) in [6, 6.07) is 5.40. The maximum Gasteiger partial charge on any atom is 0.177 e. The zero-order valence-corrected chi connectivity index (χ0v) is 10.6. The van der Waals surface area contributed by atoms with Crippen molar-refractivity contribution in [3.05, 3.63) is 34.4 Å². The summed E-state index contributed by atoms with van der Waals surface area (Å²) in [6.45, 7) is 0. The zero-order chi connectivity index (χ0) is 12.5. The van der Waals surface area contributed by atoms with Crippen LogP contribution in [0.3, 0.4) is 0 Å². The molecule has 2 bridgehead atoms. The van der Waals surface area contributed by atoms with E-state index in [-0.39, 0.29) is 17.1 Å². The third-order valence-corrected chi connectivity index (χ3v) is 5.21. The highest BCUT2D eigenvalue weighted by Gasteiger charge is 2.54. The van der Waals surface area contributed by atoms with Crippen molar-refractivity contribution in [2.45, 2.75) is 25.7 Å². The van der Waals surface area contributed by atoms with E-state index < -0.39 is 0 Å². The smallest absolute Gasteiger partial charge is 0.177 e. The number of hydrogen-bond donors (Lipinski definition) is 1. The van der Waals surface area contributed by atoms with Crippen LogP contribution in [-0.4, -0.2) is 10.9 Å². The molecule has 1 aromatic carbocycles. The summed E-state index contributed by atoms with van der Waals surface area (Å²) in [5.41, 5.74) is 3.34. The number of halogens is 1. The van der Waals surface area contributed by atoms with Crippen molar-refractivity contribution in [3.8, 4) is 5.75 Å². The van der Waals surface area contributed by atoms with Gasteiger partial charge in [0, 0.05) is 11.3 Å². The highest BCUT2D eigenvalue weighted by atomic mass is 35.5. The Morgan fingerprint density at radius 2 is 2.22 bits per heavy atom. The van der Waals surface area contributed by atoms with Gasteiger partial charge in [-0.25, -0.2) is 0 Å². The van der Waals surface area contributed by atoms with Crippen LogP contribution < -0.4 is 0 Å². The Kier molecular flexibility index (Phi) is 1.88. The summed E-state index contributed by atoms with van der Waals surface area (Å²) in [6.07, 6.45) is 3.86. The Morgan fingerprint density at radius 1 is 1.39 bits per heavy atom. The monoisotopic (exact) mass is 260 g/mol. The first-order valence-electron chi connectivity index (χ1n) is 6.37. The Morgan fingerprint density at radius 3 is 3.06 bits per heavy atom. The van der Waals surface area contributed by atoms with Crippen molar-refractivity contribution in [2.75, 3.05) is 0 Å². The van der Waals surface area contributed by atoms with Gasteiger partial charge in [0.1, 0.15) is 5.75 Å². The number of carbonyl (C=O) groups excluding carboxylic acids is 1. The van der Waals surface area contributed by atoms with Crippen LogP contribution in [0.2, 0.25) is 0 Å². The van der Waals surface area contributed by atoms with E-state index >= 15 is 0 Å². The van der Waals surface area contributed by atoms with Gasteiger partial charge in [0.05, 0.1) is 5.03 Å². The molecule has 3 aliphatic rings. The summed E-state index contributed by atoms with van der Waals surface area (Å²) in [4.78, 5) is 12.2. The number of rotatable bonds is 0. The van der Waals surface area contributed by atoms with Gasteiger partial charge in [-0.15, -0.1) is 0 Å². The number of fused-ring (bicyclic) bond motifs is 3. The lowest BCUT2D eigenvalue weighted by Gasteiger charge is -2.30. The number of allylic oxidation sites excluding steroid dienone is 2. The van der Waals surface area contributed by atoms with Gasteiger partial charge < -0.3 is 5.11 Å². The van der Waals surface area contributed by atoms with E-state index in [1.54, 1.807) is 6.07 Å². The van der Waals surface area contributed by atoms with Crippen LogP contribution in [-0.2, 0) is 11.2 Å². The summed E-state index contributed by atoms with van der Waals surface area (Å²) in [5, 5.41) is 10.1. The number of hydrogen-bond acceptors (Lipinski definition) is 2. The standard InChI is InChI=1S/C15H13ClO2/c16-13-12-11-2-1-10(17)5-9(11)7-15(12)4-3-8(6-15)14(13)18/h1-2,5,8,17H,3-4,6-7H2/t8-,15-/m1/s1. The molecule has 0 unspecified atom stereocenters. The molecule has 1 fully saturated rings. The van der Waals surface area contributed by atoms with E-state index in [0.717, 1.165) is 42.4 Å². The Bertz CT molecular complexity index is 617. The minimum Gasteiger partial charge on any atom is -0.508 e. The van der Waals surface area contributed by atoms with E-state index in [1.807, 2.05) is 12.1 Å². The van der Waals surface area contributed by atoms with Crippen LogP contribution in [0.4, 0.5) is 0 Å². The predicted molar refractivity (Wildman–Crippen MR) is 69.4 cm³/mol. The molecule has 18 heavy (non-hydrogen) atoms. The normalized spacial score (nSPS) is 32.7. The van der Waals surface area contributed by atoms with E-state index in [9.17, 15) is 9.90 Å². The number of aromatic hydroxyl groups is 1. The molecule has 4 rings (SSSR count). The van der Waals surface area contributed by atoms with Crippen molar-refractivity contribution >= 4 is 23.0 Å². The van der Waals surface area contributed by atoms with Crippen molar-refractivity contribution in [1.29, 1.82) is 0 Å². The van der Waals surface area contributed by atoms with Crippen LogP contribution in [0.15, 0.2) is 23.2 Å². The number of phenols is 1. The summed E-state index contributed by atoms with van der Waals surface area (Å²) < 4.78 is 0. The van der Waals surface area contributed by atoms with E-state index in [4.69, 9.17) is 11.6 Å². The van der Waals surface area contributed by atoms with Gasteiger partial charge in [-0.1, -0.05) is 17.7 Å². The second-order valence-corrected chi connectivity index (χ2v) is 6.17. The van der Waals surface area contributed by atoms with Gasteiger partial charge in [-0.3, -0.25) is 4.79 Å². The summed E-state index contributed by atoms with van der Waals surface area (Å²) >= 11 is 6.33. The molecule has 3 aliphatic carbocycles. The van der Waals surface area contributed by atoms with Crippen LogP contribution >= 0.6 is 11.6 Å². The van der Waals surface area contributed by atoms with Crippen LogP contribution in [0.25, 0.3) is 5.57 Å².